The molecule has 0 aliphatic heterocycles. The fourth-order valence-corrected chi connectivity index (χ4v) is 3.61. The molecule has 4 rings (SSSR count). The molecule has 156 valence electrons. The molecular formula is C22H14Cl2F2N4O. The van der Waals surface area contributed by atoms with Gasteiger partial charge in [-0.25, -0.2) is 8.78 Å². The van der Waals surface area contributed by atoms with E-state index in [1.807, 2.05) is 0 Å². The Morgan fingerprint density at radius 2 is 1.84 bits per heavy atom. The fourth-order valence-electron chi connectivity index (χ4n) is 3.21. The van der Waals surface area contributed by atoms with E-state index in [2.05, 4.69) is 15.2 Å². The second-order valence-electron chi connectivity index (χ2n) is 6.78. The van der Waals surface area contributed by atoms with Gasteiger partial charge in [-0.15, -0.1) is 0 Å². The Labute approximate surface area is 184 Å². The maximum Gasteiger partial charge on any atom is 0.271 e. The smallest absolute Gasteiger partial charge is 0.271 e. The first-order chi connectivity index (χ1) is 14.8. The summed E-state index contributed by atoms with van der Waals surface area (Å²) in [6.45, 7) is 0. The molecule has 0 bridgehead atoms. The topological polar surface area (TPSA) is 84.9 Å². The standard InChI is InChI=1S/C22H14Cl2F2N4O/c23-12-6-11(7-13(25)8-12)20(28-14-4-5-18(26)17(24)9-14)10-19(27)15-2-1-3-16-21(15)29-30-22(16)31/h1-9,27H,10H2,(H2,29,30,31). The second-order valence-corrected chi connectivity index (χ2v) is 7.62. The van der Waals surface area contributed by atoms with Crippen molar-refractivity contribution in [3.8, 4) is 0 Å². The van der Waals surface area contributed by atoms with Gasteiger partial charge >= 0.3 is 0 Å². The van der Waals surface area contributed by atoms with Crippen molar-refractivity contribution in [3.63, 3.8) is 0 Å². The van der Waals surface area contributed by atoms with E-state index in [1.54, 1.807) is 18.2 Å². The van der Waals surface area contributed by atoms with Gasteiger partial charge < -0.3 is 5.41 Å². The lowest BCUT2D eigenvalue weighted by Crippen LogP contribution is -2.11. The van der Waals surface area contributed by atoms with Gasteiger partial charge in [-0.05, 0) is 42.5 Å². The van der Waals surface area contributed by atoms with Crippen LogP contribution >= 0.6 is 23.2 Å². The number of hydrogen-bond donors (Lipinski definition) is 3. The molecule has 0 aliphatic rings. The summed E-state index contributed by atoms with van der Waals surface area (Å²) in [4.78, 5) is 16.4. The number of halogens is 4. The van der Waals surface area contributed by atoms with Gasteiger partial charge in [0, 0.05) is 28.3 Å². The van der Waals surface area contributed by atoms with Crippen LogP contribution in [-0.2, 0) is 0 Å². The molecule has 5 nitrogen and oxygen atoms in total. The predicted molar refractivity (Wildman–Crippen MR) is 119 cm³/mol. The molecule has 0 amide bonds. The molecule has 9 heteroatoms. The number of nitrogens with zero attached hydrogens (tertiary/aromatic N) is 1. The van der Waals surface area contributed by atoms with Crippen molar-refractivity contribution >= 4 is 51.2 Å². The van der Waals surface area contributed by atoms with E-state index in [4.69, 9.17) is 28.6 Å². The van der Waals surface area contributed by atoms with Crippen LogP contribution in [0.2, 0.25) is 10.0 Å². The minimum Gasteiger partial charge on any atom is -0.304 e. The van der Waals surface area contributed by atoms with Crippen molar-refractivity contribution in [1.82, 2.24) is 10.2 Å². The number of nitrogens with one attached hydrogen (secondary N) is 3. The largest absolute Gasteiger partial charge is 0.304 e. The molecule has 0 spiro atoms. The van der Waals surface area contributed by atoms with Gasteiger partial charge in [0.15, 0.2) is 0 Å². The van der Waals surface area contributed by atoms with Crippen LogP contribution < -0.4 is 5.56 Å². The van der Waals surface area contributed by atoms with Crippen LogP contribution in [0.4, 0.5) is 14.5 Å². The van der Waals surface area contributed by atoms with Crippen LogP contribution in [0.3, 0.4) is 0 Å². The number of H-pyrrole nitrogens is 2. The van der Waals surface area contributed by atoms with Crippen molar-refractivity contribution in [2.45, 2.75) is 6.42 Å². The third kappa shape index (κ3) is 4.42. The van der Waals surface area contributed by atoms with E-state index in [9.17, 15) is 13.6 Å². The summed E-state index contributed by atoms with van der Waals surface area (Å²) in [5.74, 6) is -1.15. The monoisotopic (exact) mass is 458 g/mol. The summed E-state index contributed by atoms with van der Waals surface area (Å²) in [6, 6.07) is 12.9. The first-order valence-electron chi connectivity index (χ1n) is 9.08. The highest BCUT2D eigenvalue weighted by Crippen LogP contribution is 2.25. The normalized spacial score (nSPS) is 11.8. The molecule has 0 aliphatic carbocycles. The summed E-state index contributed by atoms with van der Waals surface area (Å²) in [7, 11) is 0. The number of fused-ring (bicyclic) bond motifs is 1. The van der Waals surface area contributed by atoms with Gasteiger partial charge in [0.2, 0.25) is 0 Å². The lowest BCUT2D eigenvalue weighted by Gasteiger charge is -2.11. The van der Waals surface area contributed by atoms with Gasteiger partial charge in [-0.2, -0.15) is 0 Å². The Kier molecular flexibility index (Phi) is 5.71. The molecular weight excluding hydrogens is 445 g/mol. The van der Waals surface area contributed by atoms with Crippen LogP contribution in [0.5, 0.6) is 0 Å². The number of para-hydroxylation sites is 1. The van der Waals surface area contributed by atoms with Crippen LogP contribution in [0.15, 0.2) is 64.4 Å². The zero-order valence-electron chi connectivity index (χ0n) is 15.8. The van der Waals surface area contributed by atoms with E-state index in [0.717, 1.165) is 6.07 Å². The van der Waals surface area contributed by atoms with E-state index < -0.39 is 11.6 Å². The van der Waals surface area contributed by atoms with Crippen molar-refractivity contribution in [3.05, 3.63) is 97.8 Å². The molecule has 4 aromatic rings. The molecule has 0 saturated carbocycles. The third-order valence-corrected chi connectivity index (χ3v) is 5.15. The molecule has 0 fully saturated rings. The summed E-state index contributed by atoms with van der Waals surface area (Å²) < 4.78 is 27.5. The molecule has 0 unspecified atom stereocenters. The summed E-state index contributed by atoms with van der Waals surface area (Å²) in [6.07, 6.45) is -0.0128. The van der Waals surface area contributed by atoms with Gasteiger partial charge in [0.25, 0.3) is 5.56 Å². The highest BCUT2D eigenvalue weighted by molar-refractivity contribution is 6.31. The van der Waals surface area contributed by atoms with E-state index in [-0.39, 0.29) is 27.7 Å². The zero-order valence-corrected chi connectivity index (χ0v) is 17.3. The van der Waals surface area contributed by atoms with Gasteiger partial charge in [-0.3, -0.25) is 20.0 Å². The van der Waals surface area contributed by atoms with E-state index >= 15 is 0 Å². The van der Waals surface area contributed by atoms with Gasteiger partial charge in [0.05, 0.1) is 27.3 Å². The van der Waals surface area contributed by atoms with Gasteiger partial charge in [0.1, 0.15) is 11.6 Å². The number of rotatable bonds is 5. The number of benzene rings is 3. The van der Waals surface area contributed by atoms with Crippen LogP contribution in [0.25, 0.3) is 10.9 Å². The van der Waals surface area contributed by atoms with Crippen LogP contribution in [-0.4, -0.2) is 21.6 Å². The number of aromatic amines is 2. The summed E-state index contributed by atoms with van der Waals surface area (Å²) >= 11 is 11.9. The Bertz CT molecular complexity index is 1390. The highest BCUT2D eigenvalue weighted by Gasteiger charge is 2.15. The lowest BCUT2D eigenvalue weighted by atomic mass is 9.98. The SMILES string of the molecule is N=C(CC(=Nc1ccc(F)c(Cl)c1)c1cc(F)cc(Cl)c1)c1cccc2c(=O)[nH][nH]c12. The maximum atomic E-state index is 14.0. The number of hydrogen-bond acceptors (Lipinski definition) is 3. The Hall–Kier alpha value is -3.29. The minimum absolute atomic E-state index is 0.0128. The molecule has 0 atom stereocenters. The average Bonchev–Trinajstić information content (AvgIpc) is 3.10. The van der Waals surface area contributed by atoms with Crippen molar-refractivity contribution in [2.75, 3.05) is 0 Å². The minimum atomic E-state index is -0.591. The van der Waals surface area contributed by atoms with Gasteiger partial charge in [-0.1, -0.05) is 35.3 Å². The Balaban J connectivity index is 1.80. The molecule has 3 aromatic carbocycles. The molecule has 1 aromatic heterocycles. The molecule has 1 heterocycles. The highest BCUT2D eigenvalue weighted by atomic mass is 35.5. The first kappa shape index (κ1) is 21.0. The zero-order chi connectivity index (χ0) is 22.1. The van der Waals surface area contributed by atoms with E-state index in [0.29, 0.717) is 33.4 Å². The predicted octanol–water partition coefficient (Wildman–Crippen LogP) is 6.02. The van der Waals surface area contributed by atoms with Crippen LogP contribution in [0.1, 0.15) is 17.5 Å². The third-order valence-electron chi connectivity index (χ3n) is 4.64. The Morgan fingerprint density at radius 3 is 2.58 bits per heavy atom. The lowest BCUT2D eigenvalue weighted by molar-refractivity contribution is 0.627. The first-order valence-corrected chi connectivity index (χ1v) is 9.83. The average molecular weight is 459 g/mol. The Morgan fingerprint density at radius 1 is 1.03 bits per heavy atom. The van der Waals surface area contributed by atoms with Crippen molar-refractivity contribution in [2.24, 2.45) is 4.99 Å². The van der Waals surface area contributed by atoms with E-state index in [1.165, 1.54) is 30.3 Å². The summed E-state index contributed by atoms with van der Waals surface area (Å²) in [5.41, 5.74) is 1.84. The van der Waals surface area contributed by atoms with Crippen LogP contribution in [0, 0.1) is 17.0 Å². The number of aromatic nitrogens is 2. The second kappa shape index (κ2) is 8.45. The molecule has 0 saturated heterocycles. The van der Waals surface area contributed by atoms with Crippen molar-refractivity contribution in [1.29, 1.82) is 5.41 Å². The molecule has 3 N–H and O–H groups in total. The quantitative estimate of drug-likeness (QED) is 0.313. The summed E-state index contributed by atoms with van der Waals surface area (Å²) in [5, 5.41) is 14.4. The van der Waals surface area contributed by atoms with Crippen molar-refractivity contribution < 1.29 is 8.78 Å². The fraction of sp³-hybridized carbons (Fsp3) is 0.0455. The molecule has 0 radical (unpaired) electrons. The maximum absolute atomic E-state index is 14.0. The molecule has 31 heavy (non-hydrogen) atoms. The number of aliphatic imine (C=N–C) groups is 1.